The van der Waals surface area contributed by atoms with Gasteiger partial charge < -0.3 is 4.74 Å². The number of esters is 1. The van der Waals surface area contributed by atoms with Gasteiger partial charge in [0.05, 0.1) is 17.2 Å². The topological polar surface area (TPSA) is 107 Å². The maximum absolute atomic E-state index is 12.3. The van der Waals surface area contributed by atoms with E-state index in [4.69, 9.17) is 4.74 Å². The van der Waals surface area contributed by atoms with Crippen molar-refractivity contribution in [3.63, 3.8) is 0 Å². The number of aromatic nitrogens is 2. The molecule has 1 heterocycles. The minimum Gasteiger partial charge on any atom is -0.454 e. The van der Waals surface area contributed by atoms with Crippen molar-refractivity contribution < 1.29 is 19.1 Å². The molecule has 1 N–H and O–H groups in total. The Morgan fingerprint density at radius 2 is 1.70 bits per heavy atom. The van der Waals surface area contributed by atoms with Crippen molar-refractivity contribution in [1.82, 2.24) is 14.9 Å². The van der Waals surface area contributed by atoms with Crippen molar-refractivity contribution in [2.75, 3.05) is 6.61 Å². The average Bonchev–Trinajstić information content (AvgIpc) is 2.69. The highest BCUT2D eigenvalue weighted by Gasteiger charge is 2.13. The Morgan fingerprint density at radius 1 is 1.00 bits per heavy atom. The van der Waals surface area contributed by atoms with Crippen LogP contribution >= 0.6 is 0 Å². The Hall–Kier alpha value is -3.81. The normalized spacial score (nSPS) is 10.4. The predicted molar refractivity (Wildman–Crippen MR) is 95.9 cm³/mol. The zero-order valence-corrected chi connectivity index (χ0v) is 14.1. The molecule has 0 fully saturated rings. The second-order valence-electron chi connectivity index (χ2n) is 5.60. The molecule has 8 nitrogen and oxygen atoms in total. The molecule has 3 rings (SSSR count). The molecule has 0 bridgehead atoms. The average molecular weight is 365 g/mol. The van der Waals surface area contributed by atoms with Crippen molar-refractivity contribution in [2.45, 2.75) is 6.54 Å². The molecule has 27 heavy (non-hydrogen) atoms. The van der Waals surface area contributed by atoms with E-state index < -0.39 is 30.9 Å². The van der Waals surface area contributed by atoms with Crippen LogP contribution in [-0.2, 0) is 20.9 Å². The van der Waals surface area contributed by atoms with Crippen LogP contribution in [0.15, 0.2) is 65.7 Å². The number of para-hydroxylation sites is 1. The molecular weight excluding hydrogens is 350 g/mol. The zero-order valence-electron chi connectivity index (χ0n) is 14.1. The summed E-state index contributed by atoms with van der Waals surface area (Å²) >= 11 is 0. The highest BCUT2D eigenvalue weighted by Crippen LogP contribution is 2.04. The summed E-state index contributed by atoms with van der Waals surface area (Å²) < 4.78 is 5.92. The highest BCUT2D eigenvalue weighted by atomic mass is 16.5. The monoisotopic (exact) mass is 365 g/mol. The molecule has 136 valence electrons. The highest BCUT2D eigenvalue weighted by molar-refractivity contribution is 6.05. The lowest BCUT2D eigenvalue weighted by Crippen LogP contribution is -2.35. The second kappa shape index (κ2) is 8.05. The maximum Gasteiger partial charge on any atom is 0.326 e. The first-order valence-corrected chi connectivity index (χ1v) is 8.03. The van der Waals surface area contributed by atoms with Gasteiger partial charge in [-0.05, 0) is 24.3 Å². The number of hydrogen-bond acceptors (Lipinski definition) is 6. The summed E-state index contributed by atoms with van der Waals surface area (Å²) in [6.07, 6.45) is 1.24. The largest absolute Gasteiger partial charge is 0.454 e. The Balaban J connectivity index is 1.55. The van der Waals surface area contributed by atoms with Gasteiger partial charge in [-0.3, -0.25) is 29.1 Å². The number of nitrogens with zero attached hydrogens (tertiary/aromatic N) is 2. The van der Waals surface area contributed by atoms with Crippen LogP contribution < -0.4 is 10.9 Å². The smallest absolute Gasteiger partial charge is 0.326 e. The van der Waals surface area contributed by atoms with Crippen LogP contribution in [0.3, 0.4) is 0 Å². The molecule has 0 saturated carbocycles. The van der Waals surface area contributed by atoms with Gasteiger partial charge in [0, 0.05) is 5.56 Å². The van der Waals surface area contributed by atoms with Crippen LogP contribution in [0.5, 0.6) is 0 Å². The fourth-order valence-corrected chi connectivity index (χ4v) is 2.37. The summed E-state index contributed by atoms with van der Waals surface area (Å²) in [5, 5.41) is 2.49. The third-order valence-corrected chi connectivity index (χ3v) is 3.68. The van der Waals surface area contributed by atoms with Crippen LogP contribution in [0.2, 0.25) is 0 Å². The third-order valence-electron chi connectivity index (χ3n) is 3.68. The van der Waals surface area contributed by atoms with Gasteiger partial charge in [0.15, 0.2) is 6.61 Å². The Bertz CT molecular complexity index is 1060. The predicted octanol–water partition coefficient (Wildman–Crippen LogP) is 0.896. The lowest BCUT2D eigenvalue weighted by Gasteiger charge is -2.08. The number of rotatable bonds is 5. The summed E-state index contributed by atoms with van der Waals surface area (Å²) in [6, 6.07) is 14.9. The van der Waals surface area contributed by atoms with E-state index in [1.807, 2.05) is 0 Å². The molecule has 0 radical (unpaired) electrons. The summed E-state index contributed by atoms with van der Waals surface area (Å²) in [4.78, 5) is 51.8. The Morgan fingerprint density at radius 3 is 2.48 bits per heavy atom. The molecule has 0 saturated heterocycles. The van der Waals surface area contributed by atoms with E-state index in [1.165, 1.54) is 6.33 Å². The van der Waals surface area contributed by atoms with Crippen LogP contribution in [-0.4, -0.2) is 33.9 Å². The zero-order chi connectivity index (χ0) is 19.2. The van der Waals surface area contributed by atoms with Crippen molar-refractivity contribution in [3.8, 4) is 0 Å². The quantitative estimate of drug-likeness (QED) is 0.673. The SMILES string of the molecule is O=C(COC(=O)Cn1cnc2ccccc2c1=O)NC(=O)c1ccccc1. The van der Waals surface area contributed by atoms with Gasteiger partial charge in [-0.2, -0.15) is 0 Å². The van der Waals surface area contributed by atoms with Crippen LogP contribution in [0, 0.1) is 0 Å². The number of hydrogen-bond donors (Lipinski definition) is 1. The molecule has 0 aliphatic heterocycles. The molecule has 0 aliphatic rings. The first kappa shape index (κ1) is 18.0. The van der Waals surface area contributed by atoms with Crippen molar-refractivity contribution in [2.24, 2.45) is 0 Å². The van der Waals surface area contributed by atoms with Gasteiger partial charge in [0.25, 0.3) is 17.4 Å². The summed E-state index contributed by atoms with van der Waals surface area (Å²) in [7, 11) is 0. The Kier molecular flexibility index (Phi) is 5.36. The minimum atomic E-state index is -0.795. The number of benzene rings is 2. The number of carbonyl (C=O) groups excluding carboxylic acids is 3. The number of fused-ring (bicyclic) bond motifs is 1. The summed E-state index contributed by atoms with van der Waals surface area (Å²) in [6.45, 7) is -1.02. The van der Waals surface area contributed by atoms with E-state index in [2.05, 4.69) is 10.3 Å². The Labute approximate surface area is 153 Å². The van der Waals surface area contributed by atoms with E-state index in [-0.39, 0.29) is 5.56 Å². The number of amides is 2. The van der Waals surface area contributed by atoms with E-state index in [9.17, 15) is 19.2 Å². The van der Waals surface area contributed by atoms with Crippen LogP contribution in [0.4, 0.5) is 0 Å². The van der Waals surface area contributed by atoms with E-state index >= 15 is 0 Å². The maximum atomic E-state index is 12.3. The fraction of sp³-hybridized carbons (Fsp3) is 0.105. The molecular formula is C19H15N3O5. The molecule has 0 atom stereocenters. The molecule has 0 unspecified atom stereocenters. The summed E-state index contributed by atoms with van der Waals surface area (Å²) in [5.41, 5.74) is 0.443. The second-order valence-corrected chi connectivity index (χ2v) is 5.60. The van der Waals surface area contributed by atoms with Gasteiger partial charge in [-0.15, -0.1) is 0 Å². The first-order chi connectivity index (χ1) is 13.0. The molecule has 0 spiro atoms. The van der Waals surface area contributed by atoms with Crippen LogP contribution in [0.1, 0.15) is 10.4 Å². The number of nitrogens with one attached hydrogen (secondary N) is 1. The van der Waals surface area contributed by atoms with Gasteiger partial charge in [-0.1, -0.05) is 30.3 Å². The lowest BCUT2D eigenvalue weighted by atomic mass is 10.2. The number of carbonyl (C=O) groups is 3. The number of imide groups is 1. The molecule has 2 aromatic carbocycles. The fourth-order valence-electron chi connectivity index (χ4n) is 2.37. The molecule has 0 aliphatic carbocycles. The van der Waals surface area contributed by atoms with Crippen molar-refractivity contribution >= 4 is 28.7 Å². The van der Waals surface area contributed by atoms with Gasteiger partial charge in [0.2, 0.25) is 0 Å². The van der Waals surface area contributed by atoms with E-state index in [1.54, 1.807) is 54.6 Å². The van der Waals surface area contributed by atoms with Gasteiger partial charge in [-0.25, -0.2) is 4.98 Å². The standard InChI is InChI=1S/C19H15N3O5/c23-16(21-18(25)13-6-2-1-3-7-13)11-27-17(24)10-22-12-20-15-9-5-4-8-14(15)19(22)26/h1-9,12H,10-11H2,(H,21,23,25). The summed E-state index contributed by atoms with van der Waals surface area (Å²) in [5.74, 6) is -2.15. The van der Waals surface area contributed by atoms with Crippen molar-refractivity contribution in [3.05, 3.63) is 76.8 Å². The number of ether oxygens (including phenoxy) is 1. The minimum absolute atomic E-state index is 0.311. The van der Waals surface area contributed by atoms with Gasteiger partial charge in [0.1, 0.15) is 6.54 Å². The van der Waals surface area contributed by atoms with Crippen LogP contribution in [0.25, 0.3) is 10.9 Å². The molecule has 2 amide bonds. The molecule has 8 heteroatoms. The third kappa shape index (κ3) is 4.43. The first-order valence-electron chi connectivity index (χ1n) is 8.03. The molecule has 1 aromatic heterocycles. The van der Waals surface area contributed by atoms with E-state index in [0.717, 1.165) is 4.57 Å². The van der Waals surface area contributed by atoms with Crippen molar-refractivity contribution in [1.29, 1.82) is 0 Å². The van der Waals surface area contributed by atoms with E-state index in [0.29, 0.717) is 16.5 Å². The van der Waals surface area contributed by atoms with Gasteiger partial charge >= 0.3 is 5.97 Å². The molecule has 3 aromatic rings. The lowest BCUT2D eigenvalue weighted by molar-refractivity contribution is -0.148.